The van der Waals surface area contributed by atoms with E-state index >= 15 is 0 Å². The van der Waals surface area contributed by atoms with Crippen LogP contribution >= 0.6 is 0 Å². The van der Waals surface area contributed by atoms with Gasteiger partial charge in [-0.3, -0.25) is 4.79 Å². The maximum absolute atomic E-state index is 11.7. The lowest BCUT2D eigenvalue weighted by Gasteiger charge is -2.10. The molecule has 0 bridgehead atoms. The van der Waals surface area contributed by atoms with Gasteiger partial charge in [-0.15, -0.1) is 0 Å². The van der Waals surface area contributed by atoms with Crippen LogP contribution in [-0.4, -0.2) is 35.6 Å². The first-order chi connectivity index (χ1) is 9.88. The molecule has 112 valence electrons. The highest BCUT2D eigenvalue weighted by Gasteiger charge is 2.22. The van der Waals surface area contributed by atoms with Crippen molar-refractivity contribution >= 4 is 15.7 Å². The molecule has 0 spiro atoms. The fourth-order valence-corrected chi connectivity index (χ4v) is 2.19. The summed E-state index contributed by atoms with van der Waals surface area (Å²) in [6.07, 6.45) is 4.58. The van der Waals surface area contributed by atoms with Gasteiger partial charge in [0.05, 0.1) is 5.69 Å². The Morgan fingerprint density at radius 2 is 2.00 bits per heavy atom. The number of sulfone groups is 1. The number of aromatic nitrogens is 2. The first-order valence-corrected chi connectivity index (χ1v) is 8.39. The minimum Gasteiger partial charge on any atom is -0.351 e. The summed E-state index contributed by atoms with van der Waals surface area (Å²) in [6.45, 7) is 1.67. The Morgan fingerprint density at radius 1 is 1.33 bits per heavy atom. The molecular formula is C14H17N3O3S. The van der Waals surface area contributed by atoms with Crippen LogP contribution in [0.1, 0.15) is 12.5 Å². The normalized spacial score (nSPS) is 12.9. The smallest absolute Gasteiger partial charge is 0.238 e. The van der Waals surface area contributed by atoms with E-state index < -0.39 is 21.0 Å². The predicted octanol–water partition coefficient (Wildman–Crippen LogP) is 0.922. The molecule has 0 aliphatic rings. The molecule has 0 aliphatic heterocycles. The zero-order chi connectivity index (χ0) is 15.5. The third kappa shape index (κ3) is 3.91. The highest BCUT2D eigenvalue weighted by molar-refractivity contribution is 7.92. The van der Waals surface area contributed by atoms with E-state index in [2.05, 4.69) is 10.4 Å². The Morgan fingerprint density at radius 3 is 2.52 bits per heavy atom. The molecule has 0 radical (unpaired) electrons. The molecule has 6 nitrogen and oxygen atoms in total. The quantitative estimate of drug-likeness (QED) is 0.890. The average Bonchev–Trinajstić information content (AvgIpc) is 2.97. The Bertz CT molecular complexity index is 706. The molecule has 0 fully saturated rings. The van der Waals surface area contributed by atoms with Crippen molar-refractivity contribution in [3.8, 4) is 5.69 Å². The lowest BCUT2D eigenvalue weighted by Crippen LogP contribution is -2.36. The maximum Gasteiger partial charge on any atom is 0.238 e. The van der Waals surface area contributed by atoms with E-state index in [1.54, 1.807) is 10.9 Å². The Kier molecular flexibility index (Phi) is 4.42. The second-order valence-corrected chi connectivity index (χ2v) is 7.17. The molecule has 1 amide bonds. The van der Waals surface area contributed by atoms with Crippen LogP contribution in [0.3, 0.4) is 0 Å². The number of nitrogens with zero attached hydrogens (tertiary/aromatic N) is 2. The van der Waals surface area contributed by atoms with E-state index in [1.807, 2.05) is 36.5 Å². The highest BCUT2D eigenvalue weighted by Crippen LogP contribution is 2.08. The van der Waals surface area contributed by atoms with Crippen molar-refractivity contribution in [1.29, 1.82) is 0 Å². The van der Waals surface area contributed by atoms with Gasteiger partial charge in [-0.25, -0.2) is 13.1 Å². The van der Waals surface area contributed by atoms with Gasteiger partial charge >= 0.3 is 0 Å². The number of carbonyl (C=O) groups excluding carboxylic acids is 1. The standard InChI is InChI=1S/C14H17N3O3S/c1-11(21(2,19)20)14(18)15-10-12-4-6-13(7-5-12)17-9-3-8-16-17/h3-9,11H,10H2,1-2H3,(H,15,18)/t11-/m1/s1. The second kappa shape index (κ2) is 6.09. The molecule has 2 aromatic rings. The monoisotopic (exact) mass is 307 g/mol. The van der Waals surface area contributed by atoms with Crippen LogP contribution in [-0.2, 0) is 21.2 Å². The van der Waals surface area contributed by atoms with Crippen molar-refractivity contribution in [3.05, 3.63) is 48.3 Å². The number of benzene rings is 1. The second-order valence-electron chi connectivity index (χ2n) is 4.81. The molecular weight excluding hydrogens is 290 g/mol. The average molecular weight is 307 g/mol. The SMILES string of the molecule is C[C@H](C(=O)NCc1ccc(-n2cccn2)cc1)S(C)(=O)=O. The number of hydrogen-bond donors (Lipinski definition) is 1. The number of nitrogens with one attached hydrogen (secondary N) is 1. The van der Waals surface area contributed by atoms with E-state index in [9.17, 15) is 13.2 Å². The van der Waals surface area contributed by atoms with Crippen LogP contribution in [0.15, 0.2) is 42.7 Å². The fraction of sp³-hybridized carbons (Fsp3) is 0.286. The summed E-state index contributed by atoms with van der Waals surface area (Å²) in [4.78, 5) is 11.7. The van der Waals surface area contributed by atoms with E-state index in [-0.39, 0.29) is 6.54 Å². The van der Waals surface area contributed by atoms with E-state index in [0.29, 0.717) is 0 Å². The molecule has 1 atom stereocenters. The molecule has 7 heteroatoms. The molecule has 0 unspecified atom stereocenters. The lowest BCUT2D eigenvalue weighted by molar-refractivity contribution is -0.120. The van der Waals surface area contributed by atoms with Crippen LogP contribution in [0, 0.1) is 0 Å². The first-order valence-electron chi connectivity index (χ1n) is 6.43. The molecule has 1 N–H and O–H groups in total. The van der Waals surface area contributed by atoms with Gasteiger partial charge in [0.2, 0.25) is 5.91 Å². The summed E-state index contributed by atoms with van der Waals surface area (Å²) in [5, 5.41) is 5.70. The summed E-state index contributed by atoms with van der Waals surface area (Å²) in [6, 6.07) is 9.33. The molecule has 0 aliphatic carbocycles. The summed E-state index contributed by atoms with van der Waals surface area (Å²) in [5.74, 6) is -0.492. The van der Waals surface area contributed by atoms with Gasteiger partial charge in [0.1, 0.15) is 5.25 Å². The molecule has 0 saturated carbocycles. The van der Waals surface area contributed by atoms with Gasteiger partial charge in [-0.05, 0) is 30.7 Å². The maximum atomic E-state index is 11.7. The van der Waals surface area contributed by atoms with Crippen LogP contribution in [0.4, 0.5) is 0 Å². The number of rotatable bonds is 5. The van der Waals surface area contributed by atoms with Crippen molar-refractivity contribution in [1.82, 2.24) is 15.1 Å². The van der Waals surface area contributed by atoms with Crippen molar-refractivity contribution in [2.24, 2.45) is 0 Å². The molecule has 21 heavy (non-hydrogen) atoms. The number of hydrogen-bond acceptors (Lipinski definition) is 4. The minimum absolute atomic E-state index is 0.290. The Balaban J connectivity index is 1.97. The van der Waals surface area contributed by atoms with Gasteiger partial charge in [-0.2, -0.15) is 5.10 Å². The molecule has 2 rings (SSSR count). The summed E-state index contributed by atoms with van der Waals surface area (Å²) < 4.78 is 24.3. The number of amides is 1. The van der Waals surface area contributed by atoms with E-state index in [1.165, 1.54) is 6.92 Å². The molecule has 0 saturated heterocycles. The first kappa shape index (κ1) is 15.2. The summed E-state index contributed by atoms with van der Waals surface area (Å²) in [7, 11) is -3.37. The molecule has 1 aromatic heterocycles. The summed E-state index contributed by atoms with van der Waals surface area (Å²) in [5.41, 5.74) is 1.81. The van der Waals surface area contributed by atoms with Crippen LogP contribution in [0.25, 0.3) is 5.69 Å². The van der Waals surface area contributed by atoms with Gasteiger partial charge < -0.3 is 5.32 Å². The highest BCUT2D eigenvalue weighted by atomic mass is 32.2. The third-order valence-corrected chi connectivity index (χ3v) is 4.68. The largest absolute Gasteiger partial charge is 0.351 e. The van der Waals surface area contributed by atoms with Crippen LogP contribution in [0.2, 0.25) is 0 Å². The van der Waals surface area contributed by atoms with Gasteiger partial charge in [0.25, 0.3) is 0 Å². The topological polar surface area (TPSA) is 81.1 Å². The van der Waals surface area contributed by atoms with Gasteiger partial charge in [0, 0.05) is 25.2 Å². The zero-order valence-corrected chi connectivity index (χ0v) is 12.7. The molecule has 1 heterocycles. The van der Waals surface area contributed by atoms with Crippen molar-refractivity contribution in [2.75, 3.05) is 6.26 Å². The third-order valence-electron chi connectivity index (χ3n) is 3.18. The lowest BCUT2D eigenvalue weighted by atomic mass is 10.2. The fourth-order valence-electron chi connectivity index (χ4n) is 1.72. The minimum atomic E-state index is -3.37. The van der Waals surface area contributed by atoms with Crippen LogP contribution < -0.4 is 5.32 Å². The van der Waals surface area contributed by atoms with Crippen molar-refractivity contribution in [3.63, 3.8) is 0 Å². The van der Waals surface area contributed by atoms with Crippen molar-refractivity contribution < 1.29 is 13.2 Å². The van der Waals surface area contributed by atoms with E-state index in [0.717, 1.165) is 17.5 Å². The van der Waals surface area contributed by atoms with E-state index in [4.69, 9.17) is 0 Å². The number of carbonyl (C=O) groups is 1. The van der Waals surface area contributed by atoms with Crippen molar-refractivity contribution in [2.45, 2.75) is 18.7 Å². The Hall–Kier alpha value is -2.15. The van der Waals surface area contributed by atoms with Crippen LogP contribution in [0.5, 0.6) is 0 Å². The van der Waals surface area contributed by atoms with Gasteiger partial charge in [0.15, 0.2) is 9.84 Å². The summed E-state index contributed by atoms with van der Waals surface area (Å²) >= 11 is 0. The molecule has 1 aromatic carbocycles. The van der Waals surface area contributed by atoms with Gasteiger partial charge in [-0.1, -0.05) is 12.1 Å². The predicted molar refractivity (Wildman–Crippen MR) is 79.7 cm³/mol. The Labute approximate surface area is 123 Å². The zero-order valence-electron chi connectivity index (χ0n) is 11.9.